The molecule has 0 aliphatic carbocycles. The van der Waals surface area contributed by atoms with Gasteiger partial charge in [-0.05, 0) is 18.7 Å². The summed E-state index contributed by atoms with van der Waals surface area (Å²) in [7, 11) is 0. The number of hydrogen-bond donors (Lipinski definition) is 2. The number of amides is 1. The second kappa shape index (κ2) is 6.92. The Morgan fingerprint density at radius 3 is 2.94 bits per heavy atom. The molecule has 0 aliphatic rings. The van der Waals surface area contributed by atoms with Crippen molar-refractivity contribution in [3.63, 3.8) is 0 Å². The Balaban J connectivity index is 2.40. The Morgan fingerprint density at radius 1 is 1.56 bits per heavy atom. The first-order valence-corrected chi connectivity index (χ1v) is 5.38. The van der Waals surface area contributed by atoms with Crippen LogP contribution in [0, 0.1) is 0 Å². The van der Waals surface area contributed by atoms with Gasteiger partial charge in [0, 0.05) is 25.7 Å². The number of nitrogens with two attached hydrogens (primary N) is 1. The first-order valence-electron chi connectivity index (χ1n) is 5.38. The van der Waals surface area contributed by atoms with Crippen LogP contribution < -0.4 is 11.3 Å². The molecule has 5 heteroatoms. The number of aromatic nitrogens is 1. The van der Waals surface area contributed by atoms with Gasteiger partial charge in [0.2, 0.25) is 5.91 Å². The number of nitrogens with zero attached hydrogens (tertiary/aromatic N) is 2. The Morgan fingerprint density at radius 2 is 2.38 bits per heavy atom. The molecule has 1 aromatic heterocycles. The van der Waals surface area contributed by atoms with Crippen molar-refractivity contribution in [2.45, 2.75) is 19.9 Å². The van der Waals surface area contributed by atoms with Crippen LogP contribution in [0.15, 0.2) is 24.4 Å². The zero-order valence-corrected chi connectivity index (χ0v) is 9.52. The molecule has 0 aromatic carbocycles. The number of carbonyl (C=O) groups is 1. The normalized spacial score (nSPS) is 10.4. The molecule has 5 nitrogen and oxygen atoms in total. The molecule has 0 atom stereocenters. The monoisotopic (exact) mass is 222 g/mol. The number of rotatable bonds is 6. The van der Waals surface area contributed by atoms with Gasteiger partial charge in [-0.2, -0.15) is 0 Å². The maximum absolute atomic E-state index is 11.0. The van der Waals surface area contributed by atoms with Crippen LogP contribution in [0.1, 0.15) is 19.0 Å². The zero-order chi connectivity index (χ0) is 11.8. The number of carbonyl (C=O) groups excluding carboxylic acids is 1. The summed E-state index contributed by atoms with van der Waals surface area (Å²) in [5, 5.41) is 0. The van der Waals surface area contributed by atoms with Crippen molar-refractivity contribution in [1.82, 2.24) is 15.3 Å². The van der Waals surface area contributed by atoms with E-state index in [1.54, 1.807) is 6.20 Å². The smallest absolute Gasteiger partial charge is 0.235 e. The summed E-state index contributed by atoms with van der Waals surface area (Å²) < 4.78 is 0. The van der Waals surface area contributed by atoms with Gasteiger partial charge in [-0.3, -0.25) is 20.1 Å². The van der Waals surface area contributed by atoms with Crippen molar-refractivity contribution in [1.29, 1.82) is 0 Å². The van der Waals surface area contributed by atoms with Gasteiger partial charge in [0.1, 0.15) is 0 Å². The molecule has 1 heterocycles. The fraction of sp³-hybridized carbons (Fsp3) is 0.455. The molecule has 1 rings (SSSR count). The van der Waals surface area contributed by atoms with Crippen LogP contribution in [0.3, 0.4) is 0 Å². The van der Waals surface area contributed by atoms with Crippen LogP contribution in [0.25, 0.3) is 0 Å². The zero-order valence-electron chi connectivity index (χ0n) is 9.52. The summed E-state index contributed by atoms with van der Waals surface area (Å²) in [6, 6.07) is 5.83. The molecular formula is C11H18N4O. The van der Waals surface area contributed by atoms with E-state index in [-0.39, 0.29) is 5.91 Å². The molecule has 0 fully saturated rings. The van der Waals surface area contributed by atoms with Gasteiger partial charge in [0.05, 0.1) is 5.69 Å². The van der Waals surface area contributed by atoms with Crippen LogP contribution in [0.4, 0.5) is 0 Å². The van der Waals surface area contributed by atoms with E-state index in [1.807, 2.05) is 18.2 Å². The molecule has 16 heavy (non-hydrogen) atoms. The molecular weight excluding hydrogens is 204 g/mol. The van der Waals surface area contributed by atoms with Crippen LogP contribution in [-0.4, -0.2) is 28.9 Å². The highest BCUT2D eigenvalue weighted by molar-refractivity contribution is 5.75. The summed E-state index contributed by atoms with van der Waals surface area (Å²) in [4.78, 5) is 17.4. The number of hydrazine groups is 1. The summed E-state index contributed by atoms with van der Waals surface area (Å²) in [5.74, 6) is 4.88. The van der Waals surface area contributed by atoms with Crippen LogP contribution in [0.2, 0.25) is 0 Å². The summed E-state index contributed by atoms with van der Waals surface area (Å²) >= 11 is 0. The van der Waals surface area contributed by atoms with Crippen LogP contribution in [-0.2, 0) is 11.3 Å². The molecule has 1 amide bonds. The van der Waals surface area contributed by atoms with E-state index in [9.17, 15) is 4.79 Å². The highest BCUT2D eigenvalue weighted by Gasteiger charge is 2.06. The van der Waals surface area contributed by atoms with Crippen LogP contribution in [0.5, 0.6) is 0 Å². The van der Waals surface area contributed by atoms with Gasteiger partial charge in [-0.25, -0.2) is 5.84 Å². The molecule has 0 saturated carbocycles. The summed E-state index contributed by atoms with van der Waals surface area (Å²) in [6.45, 7) is 4.39. The average molecular weight is 222 g/mol. The van der Waals surface area contributed by atoms with Gasteiger partial charge in [-0.15, -0.1) is 0 Å². The lowest BCUT2D eigenvalue weighted by Gasteiger charge is -2.19. The maximum atomic E-state index is 11.0. The van der Waals surface area contributed by atoms with Crippen molar-refractivity contribution >= 4 is 5.91 Å². The van der Waals surface area contributed by atoms with Gasteiger partial charge in [-0.1, -0.05) is 13.0 Å². The van der Waals surface area contributed by atoms with Gasteiger partial charge >= 0.3 is 0 Å². The fourth-order valence-electron chi connectivity index (χ4n) is 1.40. The first-order chi connectivity index (χ1) is 7.76. The van der Waals surface area contributed by atoms with Gasteiger partial charge < -0.3 is 0 Å². The Kier molecular flexibility index (Phi) is 5.45. The molecule has 0 aliphatic heterocycles. The fourth-order valence-corrected chi connectivity index (χ4v) is 1.40. The van der Waals surface area contributed by atoms with Crippen molar-refractivity contribution in [2.24, 2.45) is 5.84 Å². The predicted octanol–water partition coefficient (Wildman–Crippen LogP) is 0.284. The second-order valence-corrected chi connectivity index (χ2v) is 3.51. The van der Waals surface area contributed by atoms with E-state index in [0.717, 1.165) is 18.8 Å². The minimum Gasteiger partial charge on any atom is -0.297 e. The molecule has 1 aromatic rings. The van der Waals surface area contributed by atoms with Crippen molar-refractivity contribution < 1.29 is 4.79 Å². The molecule has 0 saturated heterocycles. The highest BCUT2D eigenvalue weighted by Crippen LogP contribution is 2.01. The lowest BCUT2D eigenvalue weighted by atomic mass is 10.3. The third-order valence-electron chi connectivity index (χ3n) is 2.38. The molecule has 3 N–H and O–H groups in total. The van der Waals surface area contributed by atoms with Crippen LogP contribution >= 0.6 is 0 Å². The number of nitrogens with one attached hydrogen (secondary N) is 1. The maximum Gasteiger partial charge on any atom is 0.235 e. The third-order valence-corrected chi connectivity index (χ3v) is 2.38. The minimum atomic E-state index is -0.139. The highest BCUT2D eigenvalue weighted by atomic mass is 16.2. The lowest BCUT2D eigenvalue weighted by Crippen LogP contribution is -2.34. The van der Waals surface area contributed by atoms with E-state index in [1.165, 1.54) is 0 Å². The van der Waals surface area contributed by atoms with E-state index >= 15 is 0 Å². The average Bonchev–Trinajstić information content (AvgIpc) is 2.35. The topological polar surface area (TPSA) is 71.2 Å². The van der Waals surface area contributed by atoms with Gasteiger partial charge in [0.25, 0.3) is 0 Å². The van der Waals surface area contributed by atoms with E-state index < -0.39 is 0 Å². The second-order valence-electron chi connectivity index (χ2n) is 3.51. The molecule has 0 radical (unpaired) electrons. The Labute approximate surface area is 95.6 Å². The van der Waals surface area contributed by atoms with Gasteiger partial charge in [0.15, 0.2) is 0 Å². The van der Waals surface area contributed by atoms with E-state index in [0.29, 0.717) is 13.0 Å². The largest absolute Gasteiger partial charge is 0.297 e. The third kappa shape index (κ3) is 4.37. The Hall–Kier alpha value is -1.46. The van der Waals surface area contributed by atoms with E-state index in [4.69, 9.17) is 5.84 Å². The first kappa shape index (κ1) is 12.6. The summed E-state index contributed by atoms with van der Waals surface area (Å²) in [5.41, 5.74) is 3.14. The van der Waals surface area contributed by atoms with Crippen molar-refractivity contribution in [2.75, 3.05) is 13.1 Å². The summed E-state index contributed by atoms with van der Waals surface area (Å²) in [6.07, 6.45) is 2.19. The number of pyridine rings is 1. The van der Waals surface area contributed by atoms with Crippen molar-refractivity contribution in [3.8, 4) is 0 Å². The lowest BCUT2D eigenvalue weighted by molar-refractivity contribution is -0.121. The predicted molar refractivity (Wildman–Crippen MR) is 62.1 cm³/mol. The molecule has 0 bridgehead atoms. The standard InChI is InChI=1S/C11H18N4O/c1-2-15(8-6-11(16)14-12)9-10-5-3-4-7-13-10/h3-5,7H,2,6,8-9,12H2,1H3,(H,14,16). The van der Waals surface area contributed by atoms with Crippen molar-refractivity contribution in [3.05, 3.63) is 30.1 Å². The van der Waals surface area contributed by atoms with E-state index in [2.05, 4.69) is 22.2 Å². The SMILES string of the molecule is CCN(CCC(=O)NN)Cc1ccccn1. The number of hydrogen-bond acceptors (Lipinski definition) is 4. The molecule has 88 valence electrons. The Bertz CT molecular complexity index is 315. The molecule has 0 unspecified atom stereocenters. The minimum absolute atomic E-state index is 0.139. The quantitative estimate of drug-likeness (QED) is 0.412. The molecule has 0 spiro atoms.